The van der Waals surface area contributed by atoms with Crippen LogP contribution in [0.3, 0.4) is 0 Å². The second-order valence-electron chi connectivity index (χ2n) is 4.99. The number of hydrogen-bond donors (Lipinski definition) is 2. The van der Waals surface area contributed by atoms with E-state index in [-0.39, 0.29) is 0 Å². The molecule has 0 heterocycles. The topological polar surface area (TPSA) is 45.7 Å². The van der Waals surface area contributed by atoms with E-state index in [0.717, 1.165) is 30.2 Å². The summed E-state index contributed by atoms with van der Waals surface area (Å²) in [5.74, 6) is 2.25. The molecule has 0 aromatic heterocycles. The van der Waals surface area contributed by atoms with Gasteiger partial charge in [-0.3, -0.25) is 4.99 Å². The molecule has 0 radical (unpaired) electrons. The second-order valence-corrected chi connectivity index (χ2v) is 5.43. The van der Waals surface area contributed by atoms with Crippen LogP contribution in [0.15, 0.2) is 23.2 Å². The molecule has 0 saturated carbocycles. The van der Waals surface area contributed by atoms with Crippen molar-refractivity contribution in [1.82, 2.24) is 10.6 Å². The fraction of sp³-hybridized carbons (Fsp3) is 0.533. The molecule has 1 rings (SSSR count). The van der Waals surface area contributed by atoms with E-state index in [1.807, 2.05) is 18.2 Å². The number of nitrogens with zero attached hydrogens (tertiary/aromatic N) is 1. The lowest BCUT2D eigenvalue weighted by atomic mass is 10.1. The smallest absolute Gasteiger partial charge is 0.191 e. The summed E-state index contributed by atoms with van der Waals surface area (Å²) >= 11 is 5.95. The third-order valence-corrected chi connectivity index (χ3v) is 3.17. The Bertz CT molecular complexity index is 447. The van der Waals surface area contributed by atoms with Gasteiger partial charge in [-0.25, -0.2) is 0 Å². The number of guanidine groups is 1. The van der Waals surface area contributed by atoms with Crippen molar-refractivity contribution < 1.29 is 4.74 Å². The van der Waals surface area contributed by atoms with Gasteiger partial charge in [-0.2, -0.15) is 0 Å². The van der Waals surface area contributed by atoms with Crippen molar-refractivity contribution >= 4 is 17.6 Å². The molecule has 2 N–H and O–H groups in total. The van der Waals surface area contributed by atoms with Gasteiger partial charge in [0.05, 0.1) is 7.11 Å². The van der Waals surface area contributed by atoms with Crippen LogP contribution in [0.4, 0.5) is 0 Å². The van der Waals surface area contributed by atoms with Gasteiger partial charge in [-0.1, -0.05) is 31.5 Å². The highest BCUT2D eigenvalue weighted by molar-refractivity contribution is 6.30. The molecule has 1 aromatic rings. The minimum atomic E-state index is 0.641. The minimum absolute atomic E-state index is 0.641. The van der Waals surface area contributed by atoms with E-state index in [2.05, 4.69) is 29.5 Å². The fourth-order valence-corrected chi connectivity index (χ4v) is 1.91. The number of nitrogens with one attached hydrogen (secondary N) is 2. The molecule has 20 heavy (non-hydrogen) atoms. The summed E-state index contributed by atoms with van der Waals surface area (Å²) in [4.78, 5) is 4.20. The fourth-order valence-electron chi connectivity index (χ4n) is 1.74. The van der Waals surface area contributed by atoms with E-state index in [9.17, 15) is 0 Å². The first-order valence-corrected chi connectivity index (χ1v) is 7.21. The molecule has 0 aliphatic rings. The highest BCUT2D eigenvalue weighted by Gasteiger charge is 2.05. The number of ether oxygens (including phenoxy) is 1. The Kier molecular flexibility index (Phi) is 7.23. The minimum Gasteiger partial charge on any atom is -0.496 e. The molecule has 0 spiro atoms. The maximum atomic E-state index is 5.95. The van der Waals surface area contributed by atoms with Crippen LogP contribution in [-0.4, -0.2) is 26.7 Å². The maximum absolute atomic E-state index is 5.95. The van der Waals surface area contributed by atoms with Crippen molar-refractivity contribution in [2.75, 3.05) is 20.7 Å². The van der Waals surface area contributed by atoms with Crippen molar-refractivity contribution in [3.05, 3.63) is 28.8 Å². The van der Waals surface area contributed by atoms with Gasteiger partial charge < -0.3 is 15.4 Å². The van der Waals surface area contributed by atoms with Gasteiger partial charge in [0.2, 0.25) is 0 Å². The van der Waals surface area contributed by atoms with Crippen molar-refractivity contribution in [3.8, 4) is 5.75 Å². The quantitative estimate of drug-likeness (QED) is 0.626. The third kappa shape index (κ3) is 5.70. The highest BCUT2D eigenvalue weighted by atomic mass is 35.5. The standard InChI is InChI=1S/C15H24ClN3O/c1-11(2)7-8-18-15(17-3)19-10-12-5-6-13(16)9-14(12)20-4/h5-6,9,11H,7-8,10H2,1-4H3,(H2,17,18,19). The Morgan fingerprint density at radius 3 is 2.70 bits per heavy atom. The largest absolute Gasteiger partial charge is 0.496 e. The van der Waals surface area contributed by atoms with Gasteiger partial charge in [-0.05, 0) is 24.5 Å². The molecular formula is C15H24ClN3O. The van der Waals surface area contributed by atoms with Crippen LogP contribution in [0, 0.1) is 5.92 Å². The summed E-state index contributed by atoms with van der Waals surface area (Å²) in [5, 5.41) is 7.23. The molecule has 0 amide bonds. The van der Waals surface area contributed by atoms with Gasteiger partial charge >= 0.3 is 0 Å². The van der Waals surface area contributed by atoms with Crippen LogP contribution in [0.1, 0.15) is 25.8 Å². The first-order valence-electron chi connectivity index (χ1n) is 6.83. The van der Waals surface area contributed by atoms with Crippen LogP contribution in [0.5, 0.6) is 5.75 Å². The number of rotatable bonds is 6. The first kappa shape index (κ1) is 16.6. The van der Waals surface area contributed by atoms with Crippen LogP contribution < -0.4 is 15.4 Å². The van der Waals surface area contributed by atoms with E-state index in [4.69, 9.17) is 16.3 Å². The molecule has 0 atom stereocenters. The first-order chi connectivity index (χ1) is 9.56. The maximum Gasteiger partial charge on any atom is 0.191 e. The molecule has 1 aromatic carbocycles. The lowest BCUT2D eigenvalue weighted by Gasteiger charge is -2.14. The SMILES string of the molecule is CN=C(NCCC(C)C)NCc1ccc(Cl)cc1OC. The van der Waals surface area contributed by atoms with Crippen LogP contribution in [-0.2, 0) is 6.54 Å². The predicted molar refractivity (Wildman–Crippen MR) is 85.7 cm³/mol. The summed E-state index contributed by atoms with van der Waals surface area (Å²) in [6, 6.07) is 5.62. The normalized spacial score (nSPS) is 11.6. The van der Waals surface area contributed by atoms with Gasteiger partial charge in [0.15, 0.2) is 5.96 Å². The van der Waals surface area contributed by atoms with Crippen molar-refractivity contribution in [3.63, 3.8) is 0 Å². The van der Waals surface area contributed by atoms with Gasteiger partial charge in [-0.15, -0.1) is 0 Å². The molecule has 5 heteroatoms. The van der Waals surface area contributed by atoms with E-state index in [0.29, 0.717) is 17.5 Å². The zero-order valence-corrected chi connectivity index (χ0v) is 13.4. The summed E-state index contributed by atoms with van der Waals surface area (Å²) in [5.41, 5.74) is 1.05. The molecule has 4 nitrogen and oxygen atoms in total. The molecule has 0 saturated heterocycles. The summed E-state index contributed by atoms with van der Waals surface area (Å²) in [7, 11) is 3.41. The third-order valence-electron chi connectivity index (χ3n) is 2.93. The zero-order chi connectivity index (χ0) is 15.0. The molecule has 0 unspecified atom stereocenters. The molecule has 0 aliphatic carbocycles. The number of halogens is 1. The Labute approximate surface area is 126 Å². The summed E-state index contributed by atoms with van der Waals surface area (Å²) in [6.45, 7) is 5.96. The van der Waals surface area contributed by atoms with Crippen molar-refractivity contribution in [1.29, 1.82) is 0 Å². The average Bonchev–Trinajstić information content (AvgIpc) is 2.43. The second kappa shape index (κ2) is 8.69. The van der Waals surface area contributed by atoms with E-state index in [1.54, 1.807) is 14.2 Å². The Hall–Kier alpha value is -1.42. The molecule has 0 bridgehead atoms. The summed E-state index contributed by atoms with van der Waals surface area (Å²) < 4.78 is 5.32. The molecule has 0 fully saturated rings. The number of methoxy groups -OCH3 is 1. The van der Waals surface area contributed by atoms with Gasteiger partial charge in [0.25, 0.3) is 0 Å². The van der Waals surface area contributed by atoms with E-state index in [1.165, 1.54) is 0 Å². The van der Waals surface area contributed by atoms with E-state index >= 15 is 0 Å². The van der Waals surface area contributed by atoms with Crippen LogP contribution in [0.2, 0.25) is 5.02 Å². The number of benzene rings is 1. The van der Waals surface area contributed by atoms with Crippen LogP contribution >= 0.6 is 11.6 Å². The van der Waals surface area contributed by atoms with Crippen molar-refractivity contribution in [2.24, 2.45) is 10.9 Å². The monoisotopic (exact) mass is 297 g/mol. The summed E-state index contributed by atoms with van der Waals surface area (Å²) in [6.07, 6.45) is 1.12. The Morgan fingerprint density at radius 2 is 2.10 bits per heavy atom. The lowest BCUT2D eigenvalue weighted by molar-refractivity contribution is 0.409. The zero-order valence-electron chi connectivity index (χ0n) is 12.7. The molecule has 112 valence electrons. The van der Waals surface area contributed by atoms with E-state index < -0.39 is 0 Å². The van der Waals surface area contributed by atoms with Gasteiger partial charge in [0, 0.05) is 30.7 Å². The van der Waals surface area contributed by atoms with Crippen molar-refractivity contribution in [2.45, 2.75) is 26.8 Å². The number of hydrogen-bond acceptors (Lipinski definition) is 2. The Balaban J connectivity index is 2.52. The predicted octanol–water partition coefficient (Wildman–Crippen LogP) is 3.06. The van der Waals surface area contributed by atoms with Crippen LogP contribution in [0.25, 0.3) is 0 Å². The highest BCUT2D eigenvalue weighted by Crippen LogP contribution is 2.22. The lowest BCUT2D eigenvalue weighted by Crippen LogP contribution is -2.37. The average molecular weight is 298 g/mol. The Morgan fingerprint density at radius 1 is 1.35 bits per heavy atom. The number of aliphatic imine (C=N–C) groups is 1. The van der Waals surface area contributed by atoms with Gasteiger partial charge in [0.1, 0.15) is 5.75 Å². The molecule has 0 aliphatic heterocycles. The molecular weight excluding hydrogens is 274 g/mol.